The molecule has 6 aliphatic heterocycles. The molecule has 6 N–H and O–H groups in total. The second-order valence-corrected chi connectivity index (χ2v) is 41.6. The van der Waals surface area contributed by atoms with E-state index in [9.17, 15) is 48.5 Å². The minimum absolute atomic E-state index is 0.0117. The lowest BCUT2D eigenvalue weighted by Gasteiger charge is -2.57. The van der Waals surface area contributed by atoms with E-state index in [4.69, 9.17) is 115 Å². The van der Waals surface area contributed by atoms with E-state index < -0.39 is 227 Å². The van der Waals surface area contributed by atoms with Gasteiger partial charge in [0.05, 0.1) is 38.6 Å². The number of hydrogen-bond donors (Lipinski definition) is 6. The zero-order valence-electron chi connectivity index (χ0n) is 67.9. The van der Waals surface area contributed by atoms with Gasteiger partial charge in [-0.1, -0.05) is 185 Å². The fraction of sp³-hybridized carbons (Fsp3) is 0.649. The van der Waals surface area contributed by atoms with Gasteiger partial charge in [0.1, 0.15) is 85.5 Å². The number of fused-ring (bicyclic) bond motifs is 3. The van der Waals surface area contributed by atoms with Gasteiger partial charge in [0.15, 0.2) is 79.9 Å². The Bertz CT molecular complexity index is 3780. The molecule has 2 bridgehead atoms. The lowest BCUT2D eigenvalue weighted by molar-refractivity contribution is -0.439. The van der Waals surface area contributed by atoms with Gasteiger partial charge in [0, 0.05) is 62.8 Å². The Morgan fingerprint density at radius 2 is 0.882 bits per heavy atom. The fourth-order valence-electron chi connectivity index (χ4n) is 17.2. The molecule has 11 rings (SSSR count). The third-order valence-corrected chi connectivity index (χ3v) is 34.1. The van der Waals surface area contributed by atoms with Crippen molar-refractivity contribution >= 4 is 96.7 Å². The second kappa shape index (κ2) is 43.4. The summed E-state index contributed by atoms with van der Waals surface area (Å²) in [6.45, 7) is 11.5. The van der Waals surface area contributed by atoms with E-state index in [2.05, 4.69) is 40.2 Å². The van der Waals surface area contributed by atoms with E-state index in [1.54, 1.807) is 0 Å². The van der Waals surface area contributed by atoms with E-state index in [0.717, 1.165) is 20.7 Å². The van der Waals surface area contributed by atoms with Crippen LogP contribution in [-0.2, 0) is 154 Å². The number of benzene rings is 4. The first-order valence-electron chi connectivity index (χ1n) is 37.6. The Balaban J connectivity index is 1.08. The van der Waals surface area contributed by atoms with Crippen LogP contribution in [0.4, 0.5) is 0 Å². The average Bonchev–Trinajstić information content (AvgIpc) is 0.725. The van der Waals surface area contributed by atoms with Crippen LogP contribution in [-0.4, -0.2) is 297 Å². The molecule has 7 fully saturated rings. The zero-order valence-corrected chi connectivity index (χ0v) is 73.1. The summed E-state index contributed by atoms with van der Waals surface area (Å²) < 4.78 is 198. The minimum atomic E-state index is -5.01. The van der Waals surface area contributed by atoms with Crippen molar-refractivity contribution in [3.63, 3.8) is 0 Å². The number of carboxylic acid groups (broad SMARTS) is 2. The highest BCUT2D eigenvalue weighted by molar-refractivity contribution is 7.90. The van der Waals surface area contributed by atoms with Gasteiger partial charge in [-0.2, -0.15) is 8.42 Å². The number of ether oxygens (including phenoxy) is 17. The first-order valence-corrected chi connectivity index (χ1v) is 44.8. The molecular formula is C74H106O39S4Si2. The van der Waals surface area contributed by atoms with E-state index in [-0.39, 0.29) is 50.0 Å². The maximum Gasteiger partial charge on any atom is 0.397 e. The van der Waals surface area contributed by atoms with Crippen molar-refractivity contribution in [3.8, 4) is 0 Å². The highest BCUT2D eigenvalue weighted by atomic mass is 32.3. The third-order valence-electron chi connectivity index (χ3n) is 22.4. The van der Waals surface area contributed by atoms with Crippen LogP contribution in [0.15, 0.2) is 121 Å². The molecule has 39 nitrogen and oxygen atoms in total. The maximum atomic E-state index is 14.8. The molecule has 1 aliphatic carbocycles. The van der Waals surface area contributed by atoms with Crippen molar-refractivity contribution < 1.29 is 183 Å². The number of aliphatic carboxylic acids is 2. The minimum Gasteiger partial charge on any atom is -0.479 e. The quantitative estimate of drug-likeness (QED) is 0.00809. The topological polar surface area (TPSA) is 457 Å². The molecule has 7 aliphatic rings. The molecular weight excluding hydrogens is 1700 g/mol. The monoisotopic (exact) mass is 1800 g/mol. The molecule has 1 saturated carbocycles. The van der Waals surface area contributed by atoms with Crippen molar-refractivity contribution in [2.24, 2.45) is 5.92 Å². The van der Waals surface area contributed by atoms with Crippen molar-refractivity contribution in [3.05, 3.63) is 121 Å². The van der Waals surface area contributed by atoms with Gasteiger partial charge >= 0.3 is 22.3 Å². The maximum absolute atomic E-state index is 14.8. The molecule has 0 radical (unpaired) electrons. The third kappa shape index (κ3) is 20.8. The number of carbonyl (C=O) groups is 2. The summed E-state index contributed by atoms with van der Waals surface area (Å²) in [5, 5.41) is 66.4. The number of hydrogen-bond acceptors (Lipinski definition) is 39. The van der Waals surface area contributed by atoms with Crippen molar-refractivity contribution in [1.82, 2.24) is 0 Å². The molecule has 668 valence electrons. The van der Waals surface area contributed by atoms with E-state index in [1.165, 1.54) is 63.8 Å². The van der Waals surface area contributed by atoms with Crippen LogP contribution in [0.5, 0.6) is 0 Å². The van der Waals surface area contributed by atoms with Crippen LogP contribution in [0.3, 0.4) is 0 Å². The molecule has 0 aromatic heterocycles. The standard InChI is InChI=1S/C74H106O39S4Si2/c1-16-73(69(75)76)63(97-47-37-42(38-94-117(82,83)84)50(85-8)54(87-10)51(47)86-9)57(89-12)59(91-14)67(103-73)101-53-49(40-96-119(72(5,6)7,45-33-25-19-26-34-45)46-35-27-20-28-36-46)99-66(62(107-116-113-110-81)56(53)105-114-111-108-79)102-64-58(90-13)60-68(104-74(64,41-93-60)70(77)78)100-52-48(98-65(92-15)61(55(52)88-11)106-115-112-109-80)39-95-118(71(2,3)4,43-29-21-17-22-30-43)44-31-23-18-24-32-44/h17-36,42,47-68,79-81H,16,37-41H2,1-15H3,(H,75,76)(H,77,78)(H,82,83,84)/t42?,47-,48?,49?,50+,51?,52+,53+,54+,55+,56+,57-,58?,59?,60-,61?,62?,63-,64-,65-,66+,67-,68+,73?,74?/m1/s1. The largest absolute Gasteiger partial charge is 0.479 e. The van der Waals surface area contributed by atoms with Gasteiger partial charge in [-0.15, -0.1) is 13.0 Å². The second-order valence-electron chi connectivity index (χ2n) is 30.5. The highest BCUT2D eigenvalue weighted by Crippen LogP contribution is 2.49. The summed E-state index contributed by atoms with van der Waals surface area (Å²) in [5.74, 6) is -4.25. The van der Waals surface area contributed by atoms with Crippen LogP contribution in [0, 0.1) is 5.92 Å². The van der Waals surface area contributed by atoms with Gasteiger partial charge in [-0.05, 0) is 43.7 Å². The van der Waals surface area contributed by atoms with Crippen LogP contribution < -0.4 is 20.7 Å². The summed E-state index contributed by atoms with van der Waals surface area (Å²) in [6.07, 6.45) is -34.2. The number of carboxylic acids is 2. The lowest BCUT2D eigenvalue weighted by Crippen LogP contribution is -2.78. The average molecular weight is 1800 g/mol. The lowest BCUT2D eigenvalue weighted by atomic mass is 9.79. The Hall–Kier alpha value is -4.07. The fourth-order valence-corrected chi connectivity index (χ4v) is 27.7. The molecule has 25 atom stereocenters. The molecule has 45 heteroatoms. The Kier molecular flexibility index (Phi) is 35.4. The van der Waals surface area contributed by atoms with Crippen LogP contribution in [0.2, 0.25) is 10.1 Å². The van der Waals surface area contributed by atoms with Crippen LogP contribution in [0.1, 0.15) is 61.3 Å². The van der Waals surface area contributed by atoms with Crippen molar-refractivity contribution in [2.45, 2.75) is 218 Å². The molecule has 119 heavy (non-hydrogen) atoms. The Morgan fingerprint density at radius 3 is 1.29 bits per heavy atom. The Morgan fingerprint density at radius 1 is 0.462 bits per heavy atom. The molecule has 10 unspecified atom stereocenters. The summed E-state index contributed by atoms with van der Waals surface area (Å²) in [4.78, 5) is 29.3. The smallest absolute Gasteiger partial charge is 0.397 e. The predicted octanol–water partition coefficient (Wildman–Crippen LogP) is 5.37. The molecule has 4 aromatic carbocycles. The SMILES string of the molecule is CCC1(C(=O)O)O[C@@H](O[C@H]2C(CO[Si](c3ccccc3)(c3ccccc3)C(C)(C)C)O[C@@H](O[C@@H]3C(OC)[C@H]4OCC3(C(=O)O)O[C@@H]4O[C@H]3C(CO[Si](c4ccccc4)(c4ccccc4)C(C)(C)C)O[C@@H](OC)C(OSOOO)[C@H]3OC)C(OSOOO)[C@H]2OSOOO)C(OC)[C@@H](OC)[C@H]1O[C@@H]1CC(COS(=O)(=O)O)[C@H](OC)[C@H](OC)C1OC. The van der Waals surface area contributed by atoms with Crippen LogP contribution in [0.25, 0.3) is 0 Å². The molecule has 6 saturated heterocycles. The van der Waals surface area contributed by atoms with Gasteiger partial charge < -0.3 is 99.6 Å². The highest BCUT2D eigenvalue weighted by Gasteiger charge is 2.70. The van der Waals surface area contributed by atoms with Crippen molar-refractivity contribution in [1.29, 1.82) is 0 Å². The van der Waals surface area contributed by atoms with Gasteiger partial charge in [0.2, 0.25) is 5.60 Å². The van der Waals surface area contributed by atoms with Crippen molar-refractivity contribution in [2.75, 3.05) is 83.3 Å². The summed E-state index contributed by atoms with van der Waals surface area (Å²) in [5.41, 5.74) is -5.23. The first-order chi connectivity index (χ1) is 57.0. The normalized spacial score (nSPS) is 33.5. The van der Waals surface area contributed by atoms with E-state index in [1.807, 2.05) is 142 Å². The number of methoxy groups -OCH3 is 8. The molecule has 0 spiro atoms. The summed E-state index contributed by atoms with van der Waals surface area (Å²) in [7, 11) is -1.72. The molecule has 6 heterocycles. The molecule has 4 aromatic rings. The molecule has 0 amide bonds. The van der Waals surface area contributed by atoms with E-state index >= 15 is 0 Å². The van der Waals surface area contributed by atoms with Gasteiger partial charge in [-0.3, -0.25) is 17.1 Å². The summed E-state index contributed by atoms with van der Waals surface area (Å²) in [6, 6.07) is 38.3. The van der Waals surface area contributed by atoms with Gasteiger partial charge in [-0.25, -0.2) is 29.5 Å². The first kappa shape index (κ1) is 97.1. The van der Waals surface area contributed by atoms with Gasteiger partial charge in [0.25, 0.3) is 16.6 Å². The zero-order chi connectivity index (χ0) is 86.3. The summed E-state index contributed by atoms with van der Waals surface area (Å²) >= 11 is 0.153. The van der Waals surface area contributed by atoms with Crippen LogP contribution >= 0.6 is 37.0 Å². The number of rotatable bonds is 44. The predicted molar refractivity (Wildman–Crippen MR) is 418 cm³/mol. The van der Waals surface area contributed by atoms with E-state index in [0.29, 0.717) is 0 Å². The Labute approximate surface area is 703 Å².